The fraction of sp³-hybridized carbons (Fsp3) is 0.400. The van der Waals surface area contributed by atoms with Gasteiger partial charge < -0.3 is 9.64 Å². The van der Waals surface area contributed by atoms with E-state index in [1.165, 1.54) is 0 Å². The number of hydrogen-bond acceptors (Lipinski definition) is 2. The molecule has 2 nitrogen and oxygen atoms in total. The van der Waals surface area contributed by atoms with Crippen LogP contribution in [0.4, 0.5) is 22.0 Å². The zero-order valence-electron chi connectivity index (χ0n) is 15.0. The lowest BCUT2D eigenvalue weighted by molar-refractivity contribution is -0.0340. The zero-order valence-corrected chi connectivity index (χ0v) is 15.8. The topological polar surface area (TPSA) is 12.5 Å². The van der Waals surface area contributed by atoms with Crippen molar-refractivity contribution in [1.29, 1.82) is 0 Å². The Hall–Kier alpha value is -1.86. The molecule has 0 aliphatic carbocycles. The van der Waals surface area contributed by atoms with Gasteiger partial charge >= 0.3 is 0 Å². The van der Waals surface area contributed by atoms with Crippen LogP contribution in [-0.2, 0) is 5.60 Å². The molecule has 2 heterocycles. The first-order valence-corrected chi connectivity index (χ1v) is 8.82. The van der Waals surface area contributed by atoms with Crippen LogP contribution >= 0.6 is 12.4 Å². The Morgan fingerprint density at radius 3 is 1.79 bits per heavy atom. The Kier molecular flexibility index (Phi) is 5.60. The van der Waals surface area contributed by atoms with Gasteiger partial charge in [0.05, 0.1) is 0 Å². The molecule has 2 atom stereocenters. The molecule has 0 radical (unpaired) electrons. The van der Waals surface area contributed by atoms with E-state index >= 15 is 0 Å². The van der Waals surface area contributed by atoms with Crippen molar-refractivity contribution in [3.05, 3.63) is 65.0 Å². The second kappa shape index (κ2) is 7.52. The van der Waals surface area contributed by atoms with Crippen LogP contribution in [0.25, 0.3) is 0 Å². The van der Waals surface area contributed by atoms with E-state index in [9.17, 15) is 22.0 Å². The first-order valence-electron chi connectivity index (χ1n) is 8.82. The molecule has 4 rings (SSSR count). The molecule has 28 heavy (non-hydrogen) atoms. The molecule has 2 aliphatic rings. The molecule has 2 unspecified atom stereocenters. The third-order valence-corrected chi connectivity index (χ3v) is 5.88. The fourth-order valence-electron chi connectivity index (χ4n) is 4.42. The summed E-state index contributed by atoms with van der Waals surface area (Å²) in [5.41, 5.74) is -0.489. The summed E-state index contributed by atoms with van der Waals surface area (Å²) in [6, 6.07) is 9.07. The summed E-state index contributed by atoms with van der Waals surface area (Å²) in [7, 11) is 1.98. The minimum atomic E-state index is -2.19. The van der Waals surface area contributed by atoms with Crippen LogP contribution in [0.2, 0.25) is 0 Å². The van der Waals surface area contributed by atoms with Gasteiger partial charge in [0.2, 0.25) is 29.1 Å². The van der Waals surface area contributed by atoms with Crippen molar-refractivity contribution in [3.8, 4) is 5.75 Å². The van der Waals surface area contributed by atoms with Crippen LogP contribution in [0.3, 0.4) is 0 Å². The Balaban J connectivity index is 0.00000225. The number of ether oxygens (including phenoxy) is 1. The second-order valence-corrected chi connectivity index (χ2v) is 7.32. The van der Waals surface area contributed by atoms with E-state index in [1.54, 1.807) is 30.3 Å². The molecule has 2 saturated heterocycles. The van der Waals surface area contributed by atoms with Gasteiger partial charge in [-0.1, -0.05) is 30.3 Å². The molecular formula is C20H19ClF5NO. The van der Waals surface area contributed by atoms with Crippen LogP contribution in [-0.4, -0.2) is 24.0 Å². The van der Waals surface area contributed by atoms with Gasteiger partial charge in [0.15, 0.2) is 5.75 Å². The summed E-state index contributed by atoms with van der Waals surface area (Å²) in [6.07, 6.45) is 2.61. The molecule has 2 fully saturated rings. The zero-order chi connectivity index (χ0) is 19.3. The molecule has 2 bridgehead atoms. The Morgan fingerprint density at radius 2 is 1.29 bits per heavy atom. The van der Waals surface area contributed by atoms with Crippen molar-refractivity contribution in [1.82, 2.24) is 4.90 Å². The van der Waals surface area contributed by atoms with E-state index in [2.05, 4.69) is 4.90 Å². The first-order chi connectivity index (χ1) is 12.8. The Morgan fingerprint density at radius 1 is 0.821 bits per heavy atom. The van der Waals surface area contributed by atoms with E-state index < -0.39 is 40.4 Å². The number of halogens is 6. The summed E-state index contributed by atoms with van der Waals surface area (Å²) in [5.74, 6) is -11.3. The third-order valence-electron chi connectivity index (χ3n) is 5.88. The van der Waals surface area contributed by atoms with Gasteiger partial charge in [-0.2, -0.15) is 8.78 Å². The molecule has 0 aromatic heterocycles. The molecular weight excluding hydrogens is 401 g/mol. The van der Waals surface area contributed by atoms with E-state index in [1.807, 2.05) is 7.05 Å². The van der Waals surface area contributed by atoms with Crippen LogP contribution in [0.15, 0.2) is 30.3 Å². The highest BCUT2D eigenvalue weighted by Crippen LogP contribution is 2.48. The van der Waals surface area contributed by atoms with Gasteiger partial charge in [0, 0.05) is 24.9 Å². The van der Waals surface area contributed by atoms with E-state index in [0.717, 1.165) is 12.8 Å². The smallest absolute Gasteiger partial charge is 0.207 e. The molecule has 152 valence electrons. The average Bonchev–Trinajstić information content (AvgIpc) is 2.90. The standard InChI is InChI=1S/C20H18F5NO.ClH/c1-26-12-7-8-13(26)10-20(9-12,11-5-3-2-4-6-11)27-19-17(24)15(22)14(21)16(23)18(19)25;/h2-6,12-13H,7-10H2,1H3;1H. The predicted octanol–water partition coefficient (Wildman–Crippen LogP) is 5.33. The van der Waals surface area contributed by atoms with Crippen molar-refractivity contribution >= 4 is 12.4 Å². The van der Waals surface area contributed by atoms with Gasteiger partial charge in [-0.05, 0) is 25.5 Å². The second-order valence-electron chi connectivity index (χ2n) is 7.32. The van der Waals surface area contributed by atoms with Gasteiger partial charge in [-0.25, -0.2) is 13.2 Å². The van der Waals surface area contributed by atoms with Crippen molar-refractivity contribution in [2.75, 3.05) is 7.05 Å². The number of nitrogens with zero attached hydrogens (tertiary/aromatic N) is 1. The third kappa shape index (κ3) is 3.14. The molecule has 0 N–H and O–H groups in total. The minimum absolute atomic E-state index is 0. The number of rotatable bonds is 3. The summed E-state index contributed by atoms with van der Waals surface area (Å²) in [6.45, 7) is 0. The van der Waals surface area contributed by atoms with Crippen LogP contribution < -0.4 is 4.74 Å². The van der Waals surface area contributed by atoms with E-state index in [0.29, 0.717) is 18.4 Å². The van der Waals surface area contributed by atoms with E-state index in [-0.39, 0.29) is 24.5 Å². The first kappa shape index (κ1) is 20.9. The van der Waals surface area contributed by atoms with Crippen LogP contribution in [0.5, 0.6) is 5.75 Å². The van der Waals surface area contributed by atoms with Crippen LogP contribution in [0.1, 0.15) is 31.2 Å². The summed E-state index contributed by atoms with van der Waals surface area (Å²) < 4.78 is 75.0. The maximum absolute atomic E-state index is 14.3. The van der Waals surface area contributed by atoms with E-state index in [4.69, 9.17) is 4.74 Å². The highest BCUT2D eigenvalue weighted by Gasteiger charge is 2.50. The molecule has 0 amide bonds. The number of hydrogen-bond donors (Lipinski definition) is 0. The fourth-order valence-corrected chi connectivity index (χ4v) is 4.42. The van der Waals surface area contributed by atoms with Gasteiger partial charge in [0.25, 0.3) is 0 Å². The monoisotopic (exact) mass is 419 g/mol. The maximum Gasteiger partial charge on any atom is 0.207 e. The van der Waals surface area contributed by atoms with Gasteiger partial charge in [-0.3, -0.25) is 0 Å². The van der Waals surface area contributed by atoms with Crippen molar-refractivity contribution in [3.63, 3.8) is 0 Å². The van der Waals surface area contributed by atoms with Crippen LogP contribution in [0, 0.1) is 29.1 Å². The predicted molar refractivity (Wildman–Crippen MR) is 96.0 cm³/mol. The normalized spacial score (nSPS) is 26.8. The molecule has 0 spiro atoms. The van der Waals surface area contributed by atoms with Crippen molar-refractivity contribution < 1.29 is 26.7 Å². The summed E-state index contributed by atoms with van der Waals surface area (Å²) >= 11 is 0. The Bertz CT molecular complexity index is 836. The molecule has 2 aromatic carbocycles. The lowest BCUT2D eigenvalue weighted by atomic mass is 9.80. The number of benzene rings is 2. The quantitative estimate of drug-likeness (QED) is 0.378. The number of fused-ring (bicyclic) bond motifs is 2. The minimum Gasteiger partial charge on any atom is -0.476 e. The maximum atomic E-state index is 14.3. The molecule has 2 aliphatic heterocycles. The highest BCUT2D eigenvalue weighted by molar-refractivity contribution is 5.85. The highest BCUT2D eigenvalue weighted by atomic mass is 35.5. The average molecular weight is 420 g/mol. The number of piperidine rings is 1. The summed E-state index contributed by atoms with van der Waals surface area (Å²) in [5, 5.41) is 0. The lowest BCUT2D eigenvalue weighted by Gasteiger charge is -2.45. The molecule has 8 heteroatoms. The Labute approximate surface area is 165 Å². The largest absolute Gasteiger partial charge is 0.476 e. The van der Waals surface area contributed by atoms with Gasteiger partial charge in [0.1, 0.15) is 5.60 Å². The molecule has 2 aromatic rings. The van der Waals surface area contributed by atoms with Gasteiger partial charge in [-0.15, -0.1) is 12.4 Å². The summed E-state index contributed by atoms with van der Waals surface area (Å²) in [4.78, 5) is 2.20. The van der Waals surface area contributed by atoms with Crippen molar-refractivity contribution in [2.45, 2.75) is 43.4 Å². The lowest BCUT2D eigenvalue weighted by Crippen LogP contribution is -2.50. The van der Waals surface area contributed by atoms with Crippen molar-refractivity contribution in [2.24, 2.45) is 0 Å². The molecule has 0 saturated carbocycles. The SMILES string of the molecule is CN1C2CCC1CC(Oc1c(F)c(F)c(F)c(F)c1F)(c1ccccc1)C2.Cl.